The standard InChI is InChI=1S/C34H46N8O4/c1-2-3-14-28(32(45)40-27(30(36)43)15-9-18-39-34(37)38)41-33(46)29(21-23-16-17-24-12-7-8-13-25(24)19-23)42-31(44)26(35)20-22-10-5-4-6-11-22/h4-8,10-13,16-17,19,26-29H,2-3,9,14-15,18,20-21,35H2,1H3,(H2,36,43)(H,40,45)(H,41,46)(H,42,44)(H4,37,38,39)/t26-,27-,28+,29-/m0/s1. The van der Waals surface area contributed by atoms with Crippen LogP contribution in [0.25, 0.3) is 10.8 Å². The Morgan fingerprint density at radius 2 is 1.28 bits per heavy atom. The van der Waals surface area contributed by atoms with Gasteiger partial charge in [0.05, 0.1) is 6.04 Å². The molecule has 0 saturated heterocycles. The first-order chi connectivity index (χ1) is 22.1. The van der Waals surface area contributed by atoms with Gasteiger partial charge in [-0.2, -0.15) is 0 Å². The van der Waals surface area contributed by atoms with E-state index in [4.69, 9.17) is 22.9 Å². The number of amides is 4. The zero-order valence-electron chi connectivity index (χ0n) is 26.3. The molecule has 0 radical (unpaired) electrons. The number of rotatable bonds is 18. The van der Waals surface area contributed by atoms with Gasteiger partial charge in [-0.05, 0) is 47.6 Å². The maximum atomic E-state index is 13.8. The van der Waals surface area contributed by atoms with E-state index in [-0.39, 0.29) is 31.8 Å². The Morgan fingerprint density at radius 1 is 0.674 bits per heavy atom. The molecule has 0 fully saturated rings. The predicted octanol–water partition coefficient (Wildman–Crippen LogP) is 1.14. The number of aliphatic imine (C=N–C) groups is 1. The Kier molecular flexibility index (Phi) is 14.0. The average molecular weight is 631 g/mol. The highest BCUT2D eigenvalue weighted by atomic mass is 16.2. The fourth-order valence-electron chi connectivity index (χ4n) is 5.06. The third-order valence-electron chi connectivity index (χ3n) is 7.61. The monoisotopic (exact) mass is 630 g/mol. The highest BCUT2D eigenvalue weighted by Gasteiger charge is 2.30. The molecule has 0 aromatic heterocycles. The molecule has 3 rings (SSSR count). The van der Waals surface area contributed by atoms with E-state index in [1.807, 2.05) is 79.7 Å². The van der Waals surface area contributed by atoms with Crippen molar-refractivity contribution in [2.45, 2.75) is 76.0 Å². The number of hydrogen-bond acceptors (Lipinski definition) is 6. The molecule has 0 unspecified atom stereocenters. The van der Waals surface area contributed by atoms with E-state index >= 15 is 0 Å². The van der Waals surface area contributed by atoms with Crippen molar-refractivity contribution in [2.24, 2.45) is 27.9 Å². The summed E-state index contributed by atoms with van der Waals surface area (Å²) >= 11 is 0. The maximum absolute atomic E-state index is 13.8. The molecule has 0 heterocycles. The summed E-state index contributed by atoms with van der Waals surface area (Å²) in [5, 5.41) is 10.3. The normalized spacial score (nSPS) is 13.5. The van der Waals surface area contributed by atoms with Crippen LogP contribution in [0.5, 0.6) is 0 Å². The lowest BCUT2D eigenvalue weighted by Crippen LogP contribution is -2.58. The molecule has 46 heavy (non-hydrogen) atoms. The quantitative estimate of drug-likeness (QED) is 0.0616. The number of guanidine groups is 1. The van der Waals surface area contributed by atoms with E-state index in [9.17, 15) is 19.2 Å². The molecule has 0 spiro atoms. The highest BCUT2D eigenvalue weighted by Crippen LogP contribution is 2.17. The topological polar surface area (TPSA) is 221 Å². The van der Waals surface area contributed by atoms with E-state index in [0.29, 0.717) is 19.3 Å². The third kappa shape index (κ3) is 11.5. The molecule has 0 saturated carbocycles. The minimum absolute atomic E-state index is 0.0756. The minimum Gasteiger partial charge on any atom is -0.370 e. The molecule has 4 amide bonds. The van der Waals surface area contributed by atoms with Gasteiger partial charge in [0.25, 0.3) is 0 Å². The van der Waals surface area contributed by atoms with E-state index in [1.165, 1.54) is 0 Å². The molecule has 11 N–H and O–H groups in total. The van der Waals surface area contributed by atoms with Gasteiger partial charge in [-0.3, -0.25) is 24.2 Å². The van der Waals surface area contributed by atoms with E-state index in [1.54, 1.807) is 0 Å². The van der Waals surface area contributed by atoms with Gasteiger partial charge < -0.3 is 38.9 Å². The molecule has 246 valence electrons. The lowest BCUT2D eigenvalue weighted by molar-refractivity contribution is -0.133. The number of primary amides is 1. The summed E-state index contributed by atoms with van der Waals surface area (Å²) in [7, 11) is 0. The van der Waals surface area contributed by atoms with Crippen molar-refractivity contribution in [1.29, 1.82) is 0 Å². The SMILES string of the molecule is CCCC[C@@H](NC(=O)[C@H](Cc1ccc2ccccc2c1)NC(=O)[C@@H](N)Cc1ccccc1)C(=O)N[C@@H](CCCN=C(N)N)C(N)=O. The summed E-state index contributed by atoms with van der Waals surface area (Å²) in [6.07, 6.45) is 2.79. The molecular formula is C34H46N8O4. The second-order valence-electron chi connectivity index (χ2n) is 11.4. The summed E-state index contributed by atoms with van der Waals surface area (Å²) in [4.78, 5) is 56.5. The molecule has 4 atom stereocenters. The van der Waals surface area contributed by atoms with Crippen LogP contribution in [0.3, 0.4) is 0 Å². The average Bonchev–Trinajstić information content (AvgIpc) is 3.04. The molecule has 0 aliphatic heterocycles. The molecular weight excluding hydrogens is 584 g/mol. The summed E-state index contributed by atoms with van der Waals surface area (Å²) in [6.45, 7) is 2.23. The van der Waals surface area contributed by atoms with Gasteiger partial charge in [-0.25, -0.2) is 0 Å². The zero-order valence-corrected chi connectivity index (χ0v) is 26.3. The lowest BCUT2D eigenvalue weighted by Gasteiger charge is -2.25. The first-order valence-electron chi connectivity index (χ1n) is 15.6. The van der Waals surface area contributed by atoms with Crippen LogP contribution in [-0.2, 0) is 32.0 Å². The number of benzene rings is 3. The molecule has 0 bridgehead atoms. The lowest BCUT2D eigenvalue weighted by atomic mass is 9.99. The fraction of sp³-hybridized carbons (Fsp3) is 0.382. The minimum atomic E-state index is -1.03. The molecule has 0 aliphatic carbocycles. The second-order valence-corrected chi connectivity index (χ2v) is 11.4. The Labute approximate surface area is 269 Å². The largest absolute Gasteiger partial charge is 0.370 e. The van der Waals surface area contributed by atoms with Crippen molar-refractivity contribution in [1.82, 2.24) is 16.0 Å². The van der Waals surface area contributed by atoms with Crippen molar-refractivity contribution >= 4 is 40.4 Å². The van der Waals surface area contributed by atoms with E-state index in [2.05, 4.69) is 20.9 Å². The summed E-state index contributed by atoms with van der Waals surface area (Å²) in [6, 6.07) is 19.1. The van der Waals surface area contributed by atoms with Gasteiger partial charge in [-0.1, -0.05) is 92.6 Å². The van der Waals surface area contributed by atoms with Crippen LogP contribution in [0.2, 0.25) is 0 Å². The van der Waals surface area contributed by atoms with Crippen LogP contribution in [0.15, 0.2) is 77.8 Å². The zero-order chi connectivity index (χ0) is 33.5. The number of nitrogens with one attached hydrogen (secondary N) is 3. The molecule has 3 aromatic carbocycles. The van der Waals surface area contributed by atoms with Gasteiger partial charge in [0.15, 0.2) is 5.96 Å². The maximum Gasteiger partial charge on any atom is 0.243 e. The van der Waals surface area contributed by atoms with Gasteiger partial charge in [0.2, 0.25) is 23.6 Å². The fourth-order valence-corrected chi connectivity index (χ4v) is 5.06. The number of unbranched alkanes of at least 4 members (excludes halogenated alkanes) is 1. The van der Waals surface area contributed by atoms with Crippen LogP contribution in [-0.4, -0.2) is 60.3 Å². The van der Waals surface area contributed by atoms with Crippen molar-refractivity contribution in [2.75, 3.05) is 6.54 Å². The Balaban J connectivity index is 1.79. The summed E-state index contributed by atoms with van der Waals surface area (Å²) in [5.41, 5.74) is 24.2. The summed E-state index contributed by atoms with van der Waals surface area (Å²) in [5.74, 6) is -2.38. The van der Waals surface area contributed by atoms with E-state index < -0.39 is 47.8 Å². The van der Waals surface area contributed by atoms with Crippen LogP contribution in [0, 0.1) is 0 Å². The van der Waals surface area contributed by atoms with Crippen molar-refractivity contribution in [3.05, 3.63) is 83.9 Å². The van der Waals surface area contributed by atoms with Crippen molar-refractivity contribution < 1.29 is 19.2 Å². The van der Waals surface area contributed by atoms with Crippen LogP contribution in [0.4, 0.5) is 0 Å². The molecule has 12 heteroatoms. The number of nitrogens with zero attached hydrogens (tertiary/aromatic N) is 1. The Morgan fingerprint density at radius 3 is 1.96 bits per heavy atom. The van der Waals surface area contributed by atoms with Gasteiger partial charge >= 0.3 is 0 Å². The number of carbonyl (C=O) groups is 4. The number of fused-ring (bicyclic) bond motifs is 1. The summed E-state index contributed by atoms with van der Waals surface area (Å²) < 4.78 is 0. The van der Waals surface area contributed by atoms with E-state index in [0.717, 1.165) is 28.3 Å². The molecule has 3 aromatic rings. The predicted molar refractivity (Wildman–Crippen MR) is 180 cm³/mol. The van der Waals surface area contributed by atoms with Crippen molar-refractivity contribution in [3.63, 3.8) is 0 Å². The first-order valence-corrected chi connectivity index (χ1v) is 15.6. The van der Waals surface area contributed by atoms with Crippen LogP contribution >= 0.6 is 0 Å². The number of nitrogens with two attached hydrogens (primary N) is 4. The Hall–Kier alpha value is -4.97. The first kappa shape index (κ1) is 35.5. The Bertz CT molecular complexity index is 1490. The highest BCUT2D eigenvalue weighted by molar-refractivity contribution is 5.95. The number of carbonyl (C=O) groups excluding carboxylic acids is 4. The van der Waals surface area contributed by atoms with Crippen molar-refractivity contribution in [3.8, 4) is 0 Å². The van der Waals surface area contributed by atoms with Gasteiger partial charge in [0.1, 0.15) is 18.1 Å². The van der Waals surface area contributed by atoms with Gasteiger partial charge in [-0.15, -0.1) is 0 Å². The van der Waals surface area contributed by atoms with Crippen LogP contribution < -0.4 is 38.9 Å². The van der Waals surface area contributed by atoms with Gasteiger partial charge in [0, 0.05) is 13.0 Å². The smallest absolute Gasteiger partial charge is 0.243 e. The third-order valence-corrected chi connectivity index (χ3v) is 7.61. The molecule has 12 nitrogen and oxygen atoms in total. The van der Waals surface area contributed by atoms with Crippen LogP contribution in [0.1, 0.15) is 50.2 Å². The second kappa shape index (κ2) is 18.1. The number of hydrogen-bond donors (Lipinski definition) is 7. The molecule has 0 aliphatic rings.